The fraction of sp³-hybridized carbons (Fsp3) is 0.600. The molecule has 66 valence electrons. The number of rotatable bonds is 2. The second kappa shape index (κ2) is 2.94. The maximum absolute atomic E-state index is 6.12. The van der Waals surface area contributed by atoms with Gasteiger partial charge in [-0.1, -0.05) is 6.42 Å². The molecule has 1 aliphatic rings. The minimum absolute atomic E-state index is 0.263. The van der Waals surface area contributed by atoms with Crippen LogP contribution < -0.4 is 5.73 Å². The molecule has 0 unspecified atom stereocenters. The zero-order valence-corrected chi connectivity index (χ0v) is 7.53. The molecule has 2 N–H and O–H groups in total. The first-order valence-electron chi connectivity index (χ1n) is 4.66. The van der Waals surface area contributed by atoms with E-state index in [-0.39, 0.29) is 6.04 Å². The van der Waals surface area contributed by atoms with Gasteiger partial charge in [0.1, 0.15) is 0 Å². The van der Waals surface area contributed by atoms with E-state index in [1.165, 1.54) is 25.0 Å². The highest BCUT2D eigenvalue weighted by atomic mass is 15.0. The number of aryl methyl sites for hydroxylation is 1. The van der Waals surface area contributed by atoms with Gasteiger partial charge in [-0.15, -0.1) is 0 Å². The highest BCUT2D eigenvalue weighted by Crippen LogP contribution is 2.35. The van der Waals surface area contributed by atoms with Gasteiger partial charge in [-0.05, 0) is 30.9 Å². The summed E-state index contributed by atoms with van der Waals surface area (Å²) in [5, 5.41) is 0. The van der Waals surface area contributed by atoms with Crippen molar-refractivity contribution in [3.63, 3.8) is 0 Å². The topological polar surface area (TPSA) is 30.9 Å². The molecule has 0 saturated heterocycles. The Labute approximate surface area is 73.4 Å². The molecule has 1 aromatic rings. The van der Waals surface area contributed by atoms with Gasteiger partial charge in [0, 0.05) is 25.0 Å². The lowest BCUT2D eigenvalue weighted by atomic mass is 9.79. The van der Waals surface area contributed by atoms with Gasteiger partial charge in [-0.25, -0.2) is 0 Å². The average Bonchev–Trinajstić information content (AvgIpc) is 2.31. The summed E-state index contributed by atoms with van der Waals surface area (Å²) in [5.74, 6) is 0.735. The number of nitrogens with two attached hydrogens (primary N) is 1. The standard InChI is InChI=1S/C10H16N2/c1-12-7-3-6-9(12)10(11)8-4-2-5-8/h3,6-8,10H,2,4-5,11H2,1H3/t10-/m0/s1. The Balaban J connectivity index is 2.13. The van der Waals surface area contributed by atoms with Gasteiger partial charge in [0.2, 0.25) is 0 Å². The van der Waals surface area contributed by atoms with Gasteiger partial charge >= 0.3 is 0 Å². The van der Waals surface area contributed by atoms with Crippen molar-refractivity contribution in [1.82, 2.24) is 4.57 Å². The first-order valence-corrected chi connectivity index (χ1v) is 4.66. The molecule has 2 rings (SSSR count). The molecular weight excluding hydrogens is 148 g/mol. The third kappa shape index (κ3) is 1.16. The minimum Gasteiger partial charge on any atom is -0.353 e. The predicted octanol–water partition coefficient (Wildman–Crippen LogP) is 1.82. The van der Waals surface area contributed by atoms with Crippen molar-refractivity contribution in [3.8, 4) is 0 Å². The Morgan fingerprint density at radius 1 is 1.58 bits per heavy atom. The third-order valence-corrected chi connectivity index (χ3v) is 2.98. The zero-order chi connectivity index (χ0) is 8.55. The molecule has 1 saturated carbocycles. The second-order valence-electron chi connectivity index (χ2n) is 3.76. The molecule has 1 atom stereocenters. The molecule has 2 nitrogen and oxygen atoms in total. The van der Waals surface area contributed by atoms with Crippen molar-refractivity contribution in [3.05, 3.63) is 24.0 Å². The van der Waals surface area contributed by atoms with Crippen molar-refractivity contribution in [2.75, 3.05) is 0 Å². The van der Waals surface area contributed by atoms with Crippen LogP contribution in [0.3, 0.4) is 0 Å². The molecule has 0 bridgehead atoms. The van der Waals surface area contributed by atoms with Crippen molar-refractivity contribution in [2.24, 2.45) is 18.7 Å². The van der Waals surface area contributed by atoms with Crippen LogP contribution in [0.4, 0.5) is 0 Å². The smallest absolute Gasteiger partial charge is 0.0478 e. The van der Waals surface area contributed by atoms with E-state index in [9.17, 15) is 0 Å². The molecular formula is C10H16N2. The summed E-state index contributed by atoms with van der Waals surface area (Å²) in [6, 6.07) is 4.45. The van der Waals surface area contributed by atoms with Gasteiger partial charge in [0.15, 0.2) is 0 Å². The first-order chi connectivity index (χ1) is 5.79. The predicted molar refractivity (Wildman–Crippen MR) is 49.7 cm³/mol. The summed E-state index contributed by atoms with van der Waals surface area (Å²) in [4.78, 5) is 0. The number of nitrogens with zero attached hydrogens (tertiary/aromatic N) is 1. The molecule has 1 aromatic heterocycles. The van der Waals surface area contributed by atoms with E-state index in [0.29, 0.717) is 0 Å². The van der Waals surface area contributed by atoms with E-state index in [0.717, 1.165) is 5.92 Å². The molecule has 0 spiro atoms. The number of hydrogen-bond donors (Lipinski definition) is 1. The lowest BCUT2D eigenvalue weighted by Crippen LogP contribution is -2.28. The van der Waals surface area contributed by atoms with E-state index in [2.05, 4.69) is 29.9 Å². The van der Waals surface area contributed by atoms with Crippen molar-refractivity contribution in [1.29, 1.82) is 0 Å². The van der Waals surface area contributed by atoms with Gasteiger partial charge in [0.05, 0.1) is 0 Å². The Morgan fingerprint density at radius 3 is 2.75 bits per heavy atom. The largest absolute Gasteiger partial charge is 0.353 e. The molecule has 12 heavy (non-hydrogen) atoms. The van der Waals surface area contributed by atoms with Crippen LogP contribution in [-0.2, 0) is 7.05 Å². The summed E-state index contributed by atoms with van der Waals surface area (Å²) in [7, 11) is 2.06. The zero-order valence-electron chi connectivity index (χ0n) is 7.53. The molecule has 1 fully saturated rings. The molecule has 2 heteroatoms. The molecule has 0 radical (unpaired) electrons. The summed E-state index contributed by atoms with van der Waals surface area (Å²) in [5.41, 5.74) is 7.40. The van der Waals surface area contributed by atoms with Crippen LogP contribution in [0.25, 0.3) is 0 Å². The lowest BCUT2D eigenvalue weighted by Gasteiger charge is -2.31. The van der Waals surface area contributed by atoms with Crippen LogP contribution in [-0.4, -0.2) is 4.57 Å². The molecule has 0 aromatic carbocycles. The summed E-state index contributed by atoms with van der Waals surface area (Å²) < 4.78 is 2.13. The summed E-state index contributed by atoms with van der Waals surface area (Å²) >= 11 is 0. The highest BCUT2D eigenvalue weighted by molar-refractivity contribution is 5.12. The average molecular weight is 164 g/mol. The highest BCUT2D eigenvalue weighted by Gasteiger charge is 2.26. The van der Waals surface area contributed by atoms with Gasteiger partial charge < -0.3 is 10.3 Å². The summed E-state index contributed by atoms with van der Waals surface area (Å²) in [6.45, 7) is 0. The third-order valence-electron chi connectivity index (χ3n) is 2.98. The van der Waals surface area contributed by atoms with Crippen molar-refractivity contribution >= 4 is 0 Å². The normalized spacial score (nSPS) is 20.5. The first kappa shape index (κ1) is 7.87. The minimum atomic E-state index is 0.263. The molecule has 0 amide bonds. The van der Waals surface area contributed by atoms with Crippen LogP contribution in [0.5, 0.6) is 0 Å². The van der Waals surface area contributed by atoms with Gasteiger partial charge in [-0.3, -0.25) is 0 Å². The van der Waals surface area contributed by atoms with Crippen LogP contribution >= 0.6 is 0 Å². The number of aromatic nitrogens is 1. The van der Waals surface area contributed by atoms with E-state index >= 15 is 0 Å². The lowest BCUT2D eigenvalue weighted by molar-refractivity contribution is 0.258. The van der Waals surface area contributed by atoms with Crippen LogP contribution in [0, 0.1) is 5.92 Å². The Bertz CT molecular complexity index is 261. The SMILES string of the molecule is Cn1cccc1[C@@H](N)C1CCC1. The van der Waals surface area contributed by atoms with E-state index < -0.39 is 0 Å². The summed E-state index contributed by atoms with van der Waals surface area (Å²) in [6.07, 6.45) is 6.05. The Kier molecular flexibility index (Phi) is 1.93. The Hall–Kier alpha value is -0.760. The quantitative estimate of drug-likeness (QED) is 0.710. The van der Waals surface area contributed by atoms with Gasteiger partial charge in [0.25, 0.3) is 0 Å². The number of hydrogen-bond acceptors (Lipinski definition) is 1. The Morgan fingerprint density at radius 2 is 2.33 bits per heavy atom. The van der Waals surface area contributed by atoms with E-state index in [1.54, 1.807) is 0 Å². The maximum atomic E-state index is 6.12. The molecule has 1 aliphatic carbocycles. The van der Waals surface area contributed by atoms with Crippen LogP contribution in [0.2, 0.25) is 0 Å². The second-order valence-corrected chi connectivity index (χ2v) is 3.76. The fourth-order valence-electron chi connectivity index (χ4n) is 1.86. The molecule has 1 heterocycles. The van der Waals surface area contributed by atoms with Crippen LogP contribution in [0.1, 0.15) is 31.0 Å². The molecule has 0 aliphatic heterocycles. The van der Waals surface area contributed by atoms with E-state index in [4.69, 9.17) is 5.73 Å². The van der Waals surface area contributed by atoms with Crippen LogP contribution in [0.15, 0.2) is 18.3 Å². The monoisotopic (exact) mass is 164 g/mol. The van der Waals surface area contributed by atoms with E-state index in [1.807, 2.05) is 0 Å². The van der Waals surface area contributed by atoms with Gasteiger partial charge in [-0.2, -0.15) is 0 Å². The maximum Gasteiger partial charge on any atom is 0.0478 e. The van der Waals surface area contributed by atoms with Crippen molar-refractivity contribution < 1.29 is 0 Å². The van der Waals surface area contributed by atoms with Crippen molar-refractivity contribution in [2.45, 2.75) is 25.3 Å². The fourth-order valence-corrected chi connectivity index (χ4v) is 1.86.